The maximum Gasteiger partial charge on any atom is 0.252 e. The summed E-state index contributed by atoms with van der Waals surface area (Å²) in [5.74, 6) is -0.635. The van der Waals surface area contributed by atoms with E-state index < -0.39 is 5.82 Å². The van der Waals surface area contributed by atoms with Crippen LogP contribution in [0.1, 0.15) is 30.6 Å². The summed E-state index contributed by atoms with van der Waals surface area (Å²) in [7, 11) is 0. The number of amides is 1. The molecule has 0 bridgehead atoms. The molecule has 86 valence electrons. The molecule has 1 saturated carbocycles. The highest BCUT2D eigenvalue weighted by molar-refractivity contribution is 9.10. The fraction of sp³-hybridized carbons (Fsp3) is 0.417. The van der Waals surface area contributed by atoms with E-state index in [1.807, 2.05) is 0 Å². The quantitative estimate of drug-likeness (QED) is 0.889. The van der Waals surface area contributed by atoms with Crippen LogP contribution in [0, 0.1) is 11.2 Å². The molecule has 1 N–H and O–H groups in total. The largest absolute Gasteiger partial charge is 0.349 e. The average molecular weight is 286 g/mol. The summed E-state index contributed by atoms with van der Waals surface area (Å²) in [6, 6.07) is 4.67. The summed E-state index contributed by atoms with van der Waals surface area (Å²) < 4.78 is 13.4. The minimum absolute atomic E-state index is 0.176. The minimum Gasteiger partial charge on any atom is -0.349 e. The van der Waals surface area contributed by atoms with Crippen molar-refractivity contribution in [1.82, 2.24) is 5.32 Å². The van der Waals surface area contributed by atoms with E-state index in [1.165, 1.54) is 12.1 Å². The summed E-state index contributed by atoms with van der Waals surface area (Å²) >= 11 is 3.08. The second-order valence-electron chi connectivity index (χ2n) is 4.82. The molecule has 0 radical (unpaired) electrons. The smallest absolute Gasteiger partial charge is 0.252 e. The van der Waals surface area contributed by atoms with E-state index in [0.29, 0.717) is 5.56 Å². The average Bonchev–Trinajstić information content (AvgIpc) is 2.78. The number of nitrogens with one attached hydrogen (secondary N) is 1. The van der Waals surface area contributed by atoms with Gasteiger partial charge in [0.15, 0.2) is 0 Å². The predicted octanol–water partition coefficient (Wildman–Crippen LogP) is 3.12. The van der Waals surface area contributed by atoms with Crippen molar-refractivity contribution in [2.75, 3.05) is 0 Å². The lowest BCUT2D eigenvalue weighted by atomic mass is 10.1. The third-order valence-electron chi connectivity index (χ3n) is 3.01. The Hall–Kier alpha value is -0.900. The first-order valence-corrected chi connectivity index (χ1v) is 5.96. The van der Waals surface area contributed by atoms with E-state index in [9.17, 15) is 9.18 Å². The van der Waals surface area contributed by atoms with Crippen LogP contribution < -0.4 is 5.32 Å². The fourth-order valence-electron chi connectivity index (χ4n) is 1.63. The molecule has 1 amide bonds. The Labute approximate surface area is 102 Å². The lowest BCUT2D eigenvalue weighted by Crippen LogP contribution is -2.28. The highest BCUT2D eigenvalue weighted by Crippen LogP contribution is 2.44. The van der Waals surface area contributed by atoms with Gasteiger partial charge in [-0.05, 0) is 39.9 Å². The van der Waals surface area contributed by atoms with Crippen molar-refractivity contribution in [2.45, 2.75) is 26.3 Å². The summed E-state index contributed by atoms with van der Waals surface area (Å²) in [5.41, 5.74) is 0.526. The van der Waals surface area contributed by atoms with E-state index in [2.05, 4.69) is 35.1 Å². The normalized spacial score (nSPS) is 21.6. The van der Waals surface area contributed by atoms with E-state index in [0.717, 1.165) is 6.42 Å². The first kappa shape index (κ1) is 11.6. The monoisotopic (exact) mass is 285 g/mol. The van der Waals surface area contributed by atoms with Crippen molar-refractivity contribution < 1.29 is 9.18 Å². The number of hydrogen-bond donors (Lipinski definition) is 1. The number of halogens is 2. The lowest BCUT2D eigenvalue weighted by Gasteiger charge is -2.08. The number of hydrogen-bond acceptors (Lipinski definition) is 1. The van der Waals surface area contributed by atoms with Gasteiger partial charge >= 0.3 is 0 Å². The molecule has 0 saturated heterocycles. The maximum atomic E-state index is 13.2. The van der Waals surface area contributed by atoms with Crippen LogP contribution in [-0.2, 0) is 0 Å². The second-order valence-corrected chi connectivity index (χ2v) is 5.61. The number of benzene rings is 1. The molecule has 0 aromatic heterocycles. The van der Waals surface area contributed by atoms with Crippen molar-refractivity contribution in [3.05, 3.63) is 34.1 Å². The van der Waals surface area contributed by atoms with Crippen LogP contribution >= 0.6 is 15.9 Å². The molecule has 1 aliphatic rings. The molecule has 16 heavy (non-hydrogen) atoms. The molecular weight excluding hydrogens is 273 g/mol. The van der Waals surface area contributed by atoms with Crippen LogP contribution in [0.5, 0.6) is 0 Å². The van der Waals surface area contributed by atoms with Crippen LogP contribution in [0.15, 0.2) is 22.7 Å². The van der Waals surface area contributed by atoms with Crippen LogP contribution in [0.25, 0.3) is 0 Å². The molecule has 2 rings (SSSR count). The maximum absolute atomic E-state index is 13.2. The molecule has 2 nitrogen and oxygen atoms in total. The van der Waals surface area contributed by atoms with Gasteiger partial charge < -0.3 is 5.32 Å². The number of carbonyl (C=O) groups excluding carboxylic acids is 1. The highest BCUT2D eigenvalue weighted by Gasteiger charge is 2.46. The predicted molar refractivity (Wildman–Crippen MR) is 63.8 cm³/mol. The first-order valence-electron chi connectivity index (χ1n) is 5.17. The van der Waals surface area contributed by atoms with Gasteiger partial charge in [0.25, 0.3) is 5.91 Å². The van der Waals surface area contributed by atoms with Gasteiger partial charge in [-0.15, -0.1) is 0 Å². The van der Waals surface area contributed by atoms with Crippen LogP contribution in [0.2, 0.25) is 0 Å². The molecule has 4 heteroatoms. The summed E-state index contributed by atoms with van der Waals surface area (Å²) in [6.07, 6.45) is 0.978. The highest BCUT2D eigenvalue weighted by atomic mass is 79.9. The SMILES string of the molecule is CC1(C)CC1NC(=O)c1cccc(F)c1Br. The van der Waals surface area contributed by atoms with E-state index in [4.69, 9.17) is 0 Å². The molecule has 1 atom stereocenters. The third-order valence-corrected chi connectivity index (χ3v) is 3.82. The number of rotatable bonds is 2. The Morgan fingerprint density at radius 1 is 1.56 bits per heavy atom. The molecule has 1 aromatic carbocycles. The zero-order valence-electron chi connectivity index (χ0n) is 9.18. The summed E-state index contributed by atoms with van der Waals surface area (Å²) in [6.45, 7) is 4.19. The van der Waals surface area contributed by atoms with Crippen molar-refractivity contribution in [2.24, 2.45) is 5.41 Å². The lowest BCUT2D eigenvalue weighted by molar-refractivity contribution is 0.0945. The zero-order valence-corrected chi connectivity index (χ0v) is 10.8. The third kappa shape index (κ3) is 2.12. The van der Waals surface area contributed by atoms with Gasteiger partial charge in [0.1, 0.15) is 5.82 Å². The standard InChI is InChI=1S/C12H13BrFNO/c1-12(2)6-9(12)15-11(16)7-4-3-5-8(14)10(7)13/h3-5,9H,6H2,1-2H3,(H,15,16). The van der Waals surface area contributed by atoms with Gasteiger partial charge in [0.2, 0.25) is 0 Å². The van der Waals surface area contributed by atoms with Crippen molar-refractivity contribution in [3.8, 4) is 0 Å². The van der Waals surface area contributed by atoms with E-state index >= 15 is 0 Å². The Balaban J connectivity index is 2.13. The molecular formula is C12H13BrFNO. The van der Waals surface area contributed by atoms with Crippen LogP contribution in [0.4, 0.5) is 4.39 Å². The molecule has 1 aliphatic carbocycles. The molecule has 0 aliphatic heterocycles. The van der Waals surface area contributed by atoms with Gasteiger partial charge in [-0.1, -0.05) is 19.9 Å². The van der Waals surface area contributed by atoms with Gasteiger partial charge in [-0.25, -0.2) is 4.39 Å². The second kappa shape index (κ2) is 3.84. The Bertz CT molecular complexity index is 445. The Morgan fingerprint density at radius 3 is 2.75 bits per heavy atom. The van der Waals surface area contributed by atoms with Crippen LogP contribution in [-0.4, -0.2) is 11.9 Å². The van der Waals surface area contributed by atoms with Gasteiger partial charge in [-0.2, -0.15) is 0 Å². The molecule has 0 spiro atoms. The Kier molecular flexibility index (Phi) is 2.78. The zero-order chi connectivity index (χ0) is 11.9. The van der Waals surface area contributed by atoms with Crippen LogP contribution in [0.3, 0.4) is 0 Å². The molecule has 1 unspecified atom stereocenters. The topological polar surface area (TPSA) is 29.1 Å². The van der Waals surface area contributed by atoms with Crippen molar-refractivity contribution in [3.63, 3.8) is 0 Å². The Morgan fingerprint density at radius 2 is 2.19 bits per heavy atom. The summed E-state index contributed by atoms with van der Waals surface area (Å²) in [4.78, 5) is 11.8. The van der Waals surface area contributed by atoms with Gasteiger partial charge in [0.05, 0.1) is 10.0 Å². The molecule has 0 heterocycles. The fourth-order valence-corrected chi connectivity index (χ4v) is 2.07. The number of carbonyl (C=O) groups is 1. The van der Waals surface area contributed by atoms with E-state index in [1.54, 1.807) is 6.07 Å². The minimum atomic E-state index is -0.414. The van der Waals surface area contributed by atoms with E-state index in [-0.39, 0.29) is 21.8 Å². The first-order chi connectivity index (χ1) is 7.42. The van der Waals surface area contributed by atoms with Crippen molar-refractivity contribution in [1.29, 1.82) is 0 Å². The van der Waals surface area contributed by atoms with Crippen molar-refractivity contribution >= 4 is 21.8 Å². The molecule has 1 aromatic rings. The summed E-state index contributed by atoms with van der Waals surface area (Å²) in [5, 5.41) is 2.89. The van der Waals surface area contributed by atoms with Gasteiger partial charge in [0, 0.05) is 6.04 Å². The molecule has 1 fully saturated rings. The van der Waals surface area contributed by atoms with Gasteiger partial charge in [-0.3, -0.25) is 4.79 Å².